The van der Waals surface area contributed by atoms with E-state index >= 15 is 0 Å². The Kier molecular flexibility index (Phi) is 4.56. The molecule has 7 nitrogen and oxygen atoms in total. The molecule has 1 saturated carbocycles. The van der Waals surface area contributed by atoms with Gasteiger partial charge in [-0.25, -0.2) is 4.79 Å². The van der Waals surface area contributed by atoms with Crippen molar-refractivity contribution in [1.82, 2.24) is 20.4 Å². The minimum atomic E-state index is -0.838. The highest BCUT2D eigenvalue weighted by molar-refractivity contribution is 6.09. The molecule has 0 aromatic rings. The third-order valence-corrected chi connectivity index (χ3v) is 5.64. The van der Waals surface area contributed by atoms with Crippen LogP contribution in [0.5, 0.6) is 0 Å². The molecule has 2 N–H and O–H groups in total. The number of hydrogen-bond donors (Lipinski definition) is 2. The SMILES string of the molecule is CC1CC(C)(C)CC2(C1)NC(=O)N(CC(=O)N1CCNC(C)C1)C2=O. The van der Waals surface area contributed by atoms with Gasteiger partial charge in [0.1, 0.15) is 12.1 Å². The summed E-state index contributed by atoms with van der Waals surface area (Å²) < 4.78 is 0. The van der Waals surface area contributed by atoms with Crippen LogP contribution in [0.25, 0.3) is 0 Å². The van der Waals surface area contributed by atoms with Gasteiger partial charge >= 0.3 is 6.03 Å². The number of carbonyl (C=O) groups excluding carboxylic acids is 3. The molecule has 3 aliphatic rings. The Hall–Kier alpha value is -1.63. The zero-order valence-corrected chi connectivity index (χ0v) is 15.7. The van der Waals surface area contributed by atoms with Crippen LogP contribution in [-0.2, 0) is 9.59 Å². The third-order valence-electron chi connectivity index (χ3n) is 5.64. The number of amides is 4. The lowest BCUT2D eigenvalue weighted by Crippen LogP contribution is -2.55. The zero-order valence-electron chi connectivity index (χ0n) is 15.7. The van der Waals surface area contributed by atoms with E-state index in [0.717, 1.165) is 17.9 Å². The van der Waals surface area contributed by atoms with Gasteiger partial charge in [-0.3, -0.25) is 14.5 Å². The molecule has 2 heterocycles. The van der Waals surface area contributed by atoms with Crippen molar-refractivity contribution in [1.29, 1.82) is 0 Å². The number of imide groups is 1. The second-order valence-corrected chi connectivity index (χ2v) is 8.95. The van der Waals surface area contributed by atoms with Gasteiger partial charge in [-0.05, 0) is 37.5 Å². The molecule has 1 aliphatic carbocycles. The van der Waals surface area contributed by atoms with Crippen molar-refractivity contribution < 1.29 is 14.4 Å². The first-order valence-corrected chi connectivity index (χ1v) is 9.27. The fourth-order valence-corrected chi connectivity index (χ4v) is 5.04. The van der Waals surface area contributed by atoms with Gasteiger partial charge in [0.25, 0.3) is 5.91 Å². The molecule has 7 heteroatoms. The van der Waals surface area contributed by atoms with E-state index in [0.29, 0.717) is 31.8 Å². The predicted octanol–water partition coefficient (Wildman–Crippen LogP) is 0.944. The second-order valence-electron chi connectivity index (χ2n) is 8.95. The zero-order chi connectivity index (χ0) is 18.4. The van der Waals surface area contributed by atoms with Gasteiger partial charge in [0.15, 0.2) is 0 Å². The van der Waals surface area contributed by atoms with Crippen LogP contribution >= 0.6 is 0 Å². The fraction of sp³-hybridized carbons (Fsp3) is 0.833. The number of nitrogens with zero attached hydrogens (tertiary/aromatic N) is 2. The first-order chi connectivity index (χ1) is 11.6. The van der Waals surface area contributed by atoms with E-state index < -0.39 is 11.6 Å². The highest BCUT2D eigenvalue weighted by atomic mass is 16.2. The molecular weight excluding hydrogens is 320 g/mol. The molecule has 0 bridgehead atoms. The van der Waals surface area contributed by atoms with Gasteiger partial charge in [-0.15, -0.1) is 0 Å². The number of hydrogen-bond acceptors (Lipinski definition) is 4. The van der Waals surface area contributed by atoms with Gasteiger partial charge in [-0.1, -0.05) is 20.8 Å². The first kappa shape index (κ1) is 18.2. The maximum atomic E-state index is 13.1. The molecule has 3 fully saturated rings. The average molecular weight is 350 g/mol. The second kappa shape index (κ2) is 6.27. The third kappa shape index (κ3) is 3.52. The summed E-state index contributed by atoms with van der Waals surface area (Å²) in [7, 11) is 0. The molecule has 1 spiro atoms. The lowest BCUT2D eigenvalue weighted by molar-refractivity contribution is -0.141. The number of nitrogens with one attached hydrogen (secondary N) is 2. The van der Waals surface area contributed by atoms with Crippen LogP contribution in [0.2, 0.25) is 0 Å². The van der Waals surface area contributed by atoms with E-state index in [1.807, 2.05) is 6.92 Å². The van der Waals surface area contributed by atoms with Gasteiger partial charge in [0.2, 0.25) is 5.91 Å². The molecule has 0 aromatic carbocycles. The van der Waals surface area contributed by atoms with Crippen molar-refractivity contribution in [3.05, 3.63) is 0 Å². The minimum Gasteiger partial charge on any atom is -0.338 e. The fourth-order valence-electron chi connectivity index (χ4n) is 5.04. The van der Waals surface area contributed by atoms with Crippen molar-refractivity contribution in [2.24, 2.45) is 11.3 Å². The number of urea groups is 1. The lowest BCUT2D eigenvalue weighted by atomic mass is 9.64. The Bertz CT molecular complexity index is 591. The quantitative estimate of drug-likeness (QED) is 0.727. The van der Waals surface area contributed by atoms with Crippen molar-refractivity contribution in [2.75, 3.05) is 26.2 Å². The van der Waals surface area contributed by atoms with Crippen molar-refractivity contribution in [2.45, 2.75) is 58.5 Å². The summed E-state index contributed by atoms with van der Waals surface area (Å²) in [6.45, 7) is 10.2. The van der Waals surface area contributed by atoms with Crippen molar-refractivity contribution in [3.8, 4) is 0 Å². The van der Waals surface area contributed by atoms with Crippen molar-refractivity contribution in [3.63, 3.8) is 0 Å². The summed E-state index contributed by atoms with van der Waals surface area (Å²) in [5, 5.41) is 6.21. The monoisotopic (exact) mass is 350 g/mol. The summed E-state index contributed by atoms with van der Waals surface area (Å²) >= 11 is 0. The van der Waals surface area contributed by atoms with Gasteiger partial charge in [-0.2, -0.15) is 0 Å². The molecule has 0 radical (unpaired) electrons. The van der Waals surface area contributed by atoms with E-state index in [-0.39, 0.29) is 29.8 Å². The van der Waals surface area contributed by atoms with Gasteiger partial charge < -0.3 is 15.5 Å². The molecule has 2 saturated heterocycles. The molecule has 4 amide bonds. The number of rotatable bonds is 2. The van der Waals surface area contributed by atoms with Crippen LogP contribution in [0.1, 0.15) is 47.0 Å². The summed E-state index contributed by atoms with van der Waals surface area (Å²) in [5.74, 6) is -0.0247. The molecular formula is C18H30N4O3. The normalized spacial score (nSPS) is 35.2. The summed E-state index contributed by atoms with van der Waals surface area (Å²) in [4.78, 5) is 41.0. The molecule has 25 heavy (non-hydrogen) atoms. The molecule has 3 rings (SSSR count). The molecule has 0 aromatic heterocycles. The van der Waals surface area contributed by atoms with Crippen LogP contribution < -0.4 is 10.6 Å². The number of carbonyl (C=O) groups is 3. The van der Waals surface area contributed by atoms with E-state index in [1.165, 1.54) is 0 Å². The Morgan fingerprint density at radius 2 is 1.96 bits per heavy atom. The predicted molar refractivity (Wildman–Crippen MR) is 93.8 cm³/mol. The van der Waals surface area contributed by atoms with Crippen LogP contribution in [0.4, 0.5) is 4.79 Å². The van der Waals surface area contributed by atoms with Crippen molar-refractivity contribution >= 4 is 17.8 Å². The molecule has 3 unspecified atom stereocenters. The standard InChI is InChI=1S/C18H30N4O3/c1-12-7-17(3,4)11-18(8-12)15(24)22(16(25)20-18)10-14(23)21-6-5-19-13(2)9-21/h12-13,19H,5-11H2,1-4H3,(H,20,25). The van der Waals surface area contributed by atoms with E-state index in [2.05, 4.69) is 31.4 Å². The topological polar surface area (TPSA) is 81.8 Å². The Morgan fingerprint density at radius 3 is 2.60 bits per heavy atom. The molecule has 3 atom stereocenters. The average Bonchev–Trinajstić information content (AvgIpc) is 2.68. The highest BCUT2D eigenvalue weighted by Gasteiger charge is 2.56. The molecule has 2 aliphatic heterocycles. The van der Waals surface area contributed by atoms with Crippen LogP contribution in [0.3, 0.4) is 0 Å². The maximum absolute atomic E-state index is 13.1. The smallest absolute Gasteiger partial charge is 0.325 e. The summed E-state index contributed by atoms with van der Waals surface area (Å²) in [5.41, 5.74) is -0.843. The van der Waals surface area contributed by atoms with Crippen LogP contribution in [0, 0.1) is 11.3 Å². The first-order valence-electron chi connectivity index (χ1n) is 9.27. The Morgan fingerprint density at radius 1 is 1.24 bits per heavy atom. The highest BCUT2D eigenvalue weighted by Crippen LogP contribution is 2.46. The maximum Gasteiger partial charge on any atom is 0.325 e. The summed E-state index contributed by atoms with van der Waals surface area (Å²) in [6.07, 6.45) is 2.32. The van der Waals surface area contributed by atoms with Gasteiger partial charge in [0.05, 0.1) is 0 Å². The number of piperazine rings is 1. The summed E-state index contributed by atoms with van der Waals surface area (Å²) in [6, 6.07) is -0.196. The van der Waals surface area contributed by atoms with Crippen LogP contribution in [0.15, 0.2) is 0 Å². The Balaban J connectivity index is 1.72. The van der Waals surface area contributed by atoms with E-state index in [1.54, 1.807) is 4.90 Å². The molecule has 140 valence electrons. The van der Waals surface area contributed by atoms with E-state index in [9.17, 15) is 14.4 Å². The largest absolute Gasteiger partial charge is 0.338 e. The Labute approximate surface area is 149 Å². The van der Waals surface area contributed by atoms with E-state index in [4.69, 9.17) is 0 Å². The van der Waals surface area contributed by atoms with Gasteiger partial charge in [0, 0.05) is 25.7 Å². The lowest BCUT2D eigenvalue weighted by Gasteiger charge is -2.43. The van der Waals surface area contributed by atoms with Crippen LogP contribution in [-0.4, -0.2) is 65.4 Å². The minimum absolute atomic E-state index is 0.00536.